The summed E-state index contributed by atoms with van der Waals surface area (Å²) in [6.45, 7) is -2.36. The molecule has 0 fully saturated rings. The predicted octanol–water partition coefficient (Wildman–Crippen LogP) is 0.508. The number of carbonyl (C=O) groups excluding carboxylic acids is 1. The van der Waals surface area contributed by atoms with Gasteiger partial charge in [0.1, 0.15) is 19.2 Å². The van der Waals surface area contributed by atoms with Crippen LogP contribution >= 0.6 is 0 Å². The van der Waals surface area contributed by atoms with E-state index in [-0.39, 0.29) is 12.1 Å². The van der Waals surface area contributed by atoms with Crippen LogP contribution in [0, 0.1) is 5.82 Å². The number of halogens is 3. The summed E-state index contributed by atoms with van der Waals surface area (Å²) in [5.74, 6) is -2.07. The number of hydrogen-bond donors (Lipinski definition) is 1. The molecule has 1 aliphatic heterocycles. The summed E-state index contributed by atoms with van der Waals surface area (Å²) in [6.07, 6.45) is -1.55. The van der Waals surface area contributed by atoms with E-state index in [4.69, 9.17) is 4.65 Å². The van der Waals surface area contributed by atoms with Crippen LogP contribution in [0.1, 0.15) is 15.9 Å². The molecule has 0 aromatic heterocycles. The zero-order valence-corrected chi connectivity index (χ0v) is 9.74. The smallest absolute Gasteiger partial charge is 0.453 e. The van der Waals surface area contributed by atoms with Gasteiger partial charge in [0, 0.05) is 0 Å². The monoisotopic (exact) mass is 274 g/mol. The number of esters is 1. The van der Waals surface area contributed by atoms with Crippen LogP contribution in [0.2, 0.25) is 0 Å². The van der Waals surface area contributed by atoms with Crippen molar-refractivity contribution >= 4 is 18.6 Å². The molecule has 1 heterocycles. The zero-order valence-electron chi connectivity index (χ0n) is 9.74. The van der Waals surface area contributed by atoms with Crippen LogP contribution in [0.5, 0.6) is 0 Å². The van der Waals surface area contributed by atoms with Crippen molar-refractivity contribution in [3.8, 4) is 0 Å². The van der Waals surface area contributed by atoms with Gasteiger partial charge >= 0.3 is 13.1 Å². The van der Waals surface area contributed by atoms with Gasteiger partial charge in [-0.1, -0.05) is 0 Å². The molecule has 0 unspecified atom stereocenters. The maximum atomic E-state index is 13.7. The van der Waals surface area contributed by atoms with Crippen molar-refractivity contribution in [3.63, 3.8) is 0 Å². The summed E-state index contributed by atoms with van der Waals surface area (Å²) in [4.78, 5) is 11.6. The van der Waals surface area contributed by atoms with Gasteiger partial charge in [0.25, 0.3) is 0 Å². The van der Waals surface area contributed by atoms with Crippen molar-refractivity contribution < 1.29 is 32.4 Å². The first-order valence-corrected chi connectivity index (χ1v) is 5.51. The van der Waals surface area contributed by atoms with Crippen LogP contribution in [0.15, 0.2) is 12.1 Å². The van der Waals surface area contributed by atoms with Crippen molar-refractivity contribution in [2.45, 2.75) is 12.7 Å². The Morgan fingerprint density at radius 3 is 2.79 bits per heavy atom. The number of hydrogen-bond acceptors (Lipinski definition) is 4. The molecule has 19 heavy (non-hydrogen) atoms. The van der Waals surface area contributed by atoms with Crippen molar-refractivity contribution in [2.24, 2.45) is 0 Å². The number of rotatable bonds is 4. The lowest BCUT2D eigenvalue weighted by molar-refractivity contribution is 0.0168. The molecule has 0 radical (unpaired) electrons. The lowest BCUT2D eigenvalue weighted by Crippen LogP contribution is -2.30. The third kappa shape index (κ3) is 2.74. The second kappa shape index (κ2) is 5.62. The van der Waals surface area contributed by atoms with Crippen LogP contribution in [0.25, 0.3) is 0 Å². The van der Waals surface area contributed by atoms with Gasteiger partial charge in [-0.3, -0.25) is 0 Å². The molecule has 8 heteroatoms. The summed E-state index contributed by atoms with van der Waals surface area (Å²) < 4.78 is 47.5. The fraction of sp³-hybridized carbons (Fsp3) is 0.364. The van der Waals surface area contributed by atoms with E-state index in [2.05, 4.69) is 4.74 Å². The Balaban J connectivity index is 2.25. The first-order valence-electron chi connectivity index (χ1n) is 5.51. The summed E-state index contributed by atoms with van der Waals surface area (Å²) in [5.41, 5.74) is 0.162. The molecule has 0 aliphatic carbocycles. The standard InChI is InChI=1S/C11H10BF3O4/c13-3-7(4-14)19-11(16)8-2-9-6(1-10(8)15)5-18-12(9)17/h1-2,7,17H,3-5H2. The Labute approximate surface area is 107 Å². The highest BCUT2D eigenvalue weighted by molar-refractivity contribution is 6.61. The van der Waals surface area contributed by atoms with E-state index in [1.165, 1.54) is 0 Å². The van der Waals surface area contributed by atoms with E-state index in [1.54, 1.807) is 0 Å². The van der Waals surface area contributed by atoms with Gasteiger partial charge in [0.2, 0.25) is 0 Å². The van der Waals surface area contributed by atoms with E-state index < -0.39 is 43.9 Å². The molecule has 0 amide bonds. The Kier molecular flexibility index (Phi) is 4.11. The van der Waals surface area contributed by atoms with E-state index in [0.717, 1.165) is 12.1 Å². The number of benzene rings is 1. The summed E-state index contributed by atoms with van der Waals surface area (Å²) in [6, 6.07) is 2.10. The molecule has 102 valence electrons. The highest BCUT2D eigenvalue weighted by atomic mass is 19.1. The first-order chi connectivity index (χ1) is 9.06. The Morgan fingerprint density at radius 1 is 1.47 bits per heavy atom. The zero-order chi connectivity index (χ0) is 14.0. The average Bonchev–Trinajstić information content (AvgIpc) is 2.75. The van der Waals surface area contributed by atoms with Crippen LogP contribution in [0.4, 0.5) is 13.2 Å². The minimum Gasteiger partial charge on any atom is -0.453 e. The maximum absolute atomic E-state index is 13.7. The van der Waals surface area contributed by atoms with Crippen molar-refractivity contribution in [1.82, 2.24) is 0 Å². The van der Waals surface area contributed by atoms with Gasteiger partial charge in [-0.25, -0.2) is 18.0 Å². The molecule has 4 nitrogen and oxygen atoms in total. The Hall–Kier alpha value is -1.54. The van der Waals surface area contributed by atoms with Crippen LogP contribution < -0.4 is 5.46 Å². The largest absolute Gasteiger partial charge is 0.491 e. The third-order valence-corrected chi connectivity index (χ3v) is 2.73. The summed E-state index contributed by atoms with van der Waals surface area (Å²) in [5, 5.41) is 9.44. The SMILES string of the molecule is O=C(OC(CF)CF)c1cc2c(cc1F)COB2O. The topological polar surface area (TPSA) is 55.8 Å². The van der Waals surface area contributed by atoms with Gasteiger partial charge in [0.05, 0.1) is 12.2 Å². The summed E-state index contributed by atoms with van der Waals surface area (Å²) in [7, 11) is -1.25. The Bertz CT molecular complexity index is 493. The van der Waals surface area contributed by atoms with Gasteiger partial charge in [-0.05, 0) is 23.2 Å². The lowest BCUT2D eigenvalue weighted by atomic mass is 9.78. The summed E-state index contributed by atoms with van der Waals surface area (Å²) >= 11 is 0. The minimum atomic E-state index is -1.55. The number of carbonyl (C=O) groups is 1. The van der Waals surface area contributed by atoms with Gasteiger partial charge in [-0.15, -0.1) is 0 Å². The normalized spacial score (nSPS) is 13.8. The van der Waals surface area contributed by atoms with Crippen LogP contribution in [0.3, 0.4) is 0 Å². The molecule has 1 aromatic carbocycles. The lowest BCUT2D eigenvalue weighted by Gasteiger charge is -2.12. The number of ether oxygens (including phenoxy) is 1. The second-order valence-electron chi connectivity index (χ2n) is 4.03. The van der Waals surface area contributed by atoms with Crippen LogP contribution in [-0.4, -0.2) is 37.6 Å². The molecular formula is C11H10BF3O4. The van der Waals surface area contributed by atoms with E-state index in [9.17, 15) is 23.0 Å². The Morgan fingerprint density at radius 2 is 2.16 bits per heavy atom. The average molecular weight is 274 g/mol. The molecule has 0 spiro atoms. The van der Waals surface area contributed by atoms with E-state index in [0.29, 0.717) is 5.56 Å². The van der Waals surface area contributed by atoms with Crippen molar-refractivity contribution in [1.29, 1.82) is 0 Å². The molecule has 1 aliphatic rings. The molecule has 0 saturated heterocycles. The molecule has 0 saturated carbocycles. The quantitative estimate of drug-likeness (QED) is 0.642. The van der Waals surface area contributed by atoms with E-state index >= 15 is 0 Å². The molecule has 1 N–H and O–H groups in total. The minimum absolute atomic E-state index is 0.0281. The first kappa shape index (κ1) is 13.9. The number of fused-ring (bicyclic) bond motifs is 1. The molecule has 0 atom stereocenters. The second-order valence-corrected chi connectivity index (χ2v) is 4.03. The third-order valence-electron chi connectivity index (χ3n) is 2.73. The highest BCUT2D eigenvalue weighted by Crippen LogP contribution is 2.16. The highest BCUT2D eigenvalue weighted by Gasteiger charge is 2.30. The molecule has 0 bridgehead atoms. The van der Waals surface area contributed by atoms with Crippen molar-refractivity contribution in [2.75, 3.05) is 13.3 Å². The fourth-order valence-corrected chi connectivity index (χ4v) is 1.72. The van der Waals surface area contributed by atoms with Gasteiger partial charge in [0.15, 0.2) is 6.10 Å². The van der Waals surface area contributed by atoms with Gasteiger partial charge in [-0.2, -0.15) is 0 Å². The van der Waals surface area contributed by atoms with E-state index in [1.807, 2.05) is 0 Å². The van der Waals surface area contributed by atoms with Crippen molar-refractivity contribution in [3.05, 3.63) is 29.1 Å². The molecule has 1 aromatic rings. The molecule has 2 rings (SSSR count). The fourth-order valence-electron chi connectivity index (χ4n) is 1.72. The van der Waals surface area contributed by atoms with Gasteiger partial charge < -0.3 is 14.4 Å². The predicted molar refractivity (Wildman–Crippen MR) is 59.9 cm³/mol. The number of alkyl halides is 2. The molecular weight excluding hydrogens is 264 g/mol. The van der Waals surface area contributed by atoms with Crippen LogP contribution in [-0.2, 0) is 16.0 Å². The maximum Gasteiger partial charge on any atom is 0.491 e.